The molecule has 0 aliphatic carbocycles. The zero-order valence-electron chi connectivity index (χ0n) is 11.4. The summed E-state index contributed by atoms with van der Waals surface area (Å²) < 4.78 is 9.11. The average Bonchev–Trinajstić information content (AvgIpc) is 2.47. The van der Waals surface area contributed by atoms with Gasteiger partial charge in [-0.15, -0.1) is 0 Å². The quantitative estimate of drug-likeness (QED) is 0.278. The van der Waals surface area contributed by atoms with E-state index in [1.807, 2.05) is 0 Å². The first-order valence-electron chi connectivity index (χ1n) is 5.69. The molecular weight excluding hydrogens is 282 g/mol. The largest absolute Gasteiger partial charge is 0.515 e. The topological polar surface area (TPSA) is 116 Å². The average molecular weight is 295 g/mol. The van der Waals surface area contributed by atoms with E-state index in [1.165, 1.54) is 19.2 Å². The lowest BCUT2D eigenvalue weighted by molar-refractivity contribution is -0.385. The number of nitrogens with zero attached hydrogens (tertiary/aromatic N) is 1. The van der Waals surface area contributed by atoms with Gasteiger partial charge in [0.1, 0.15) is 6.61 Å². The van der Waals surface area contributed by atoms with E-state index < -0.39 is 22.4 Å². The summed E-state index contributed by atoms with van der Waals surface area (Å²) in [5.41, 5.74) is -0.927. The Morgan fingerprint density at radius 2 is 2.05 bits per heavy atom. The molecule has 0 aliphatic rings. The number of methoxy groups -OCH3 is 2. The van der Waals surface area contributed by atoms with Gasteiger partial charge >= 0.3 is 5.97 Å². The van der Waals surface area contributed by atoms with E-state index in [9.17, 15) is 19.7 Å². The maximum atomic E-state index is 11.8. The zero-order valence-corrected chi connectivity index (χ0v) is 11.4. The lowest BCUT2D eigenvalue weighted by Crippen LogP contribution is -2.11. The van der Waals surface area contributed by atoms with Crippen molar-refractivity contribution in [1.29, 1.82) is 0 Å². The number of hydrogen-bond donors (Lipinski definition) is 1. The second kappa shape index (κ2) is 7.15. The SMILES string of the molecule is COCC(=O)C(=CO)c1ccc(C(=O)OC)cc1[N+](=O)[O-]. The number of nitro groups is 1. The third-order valence-corrected chi connectivity index (χ3v) is 2.61. The fourth-order valence-corrected chi connectivity index (χ4v) is 1.66. The molecule has 0 spiro atoms. The maximum absolute atomic E-state index is 11.8. The van der Waals surface area contributed by atoms with Crippen LogP contribution in [0.2, 0.25) is 0 Å². The van der Waals surface area contributed by atoms with Crippen molar-refractivity contribution in [2.75, 3.05) is 20.8 Å². The van der Waals surface area contributed by atoms with Gasteiger partial charge in [-0.3, -0.25) is 14.9 Å². The number of ether oxygens (including phenoxy) is 2. The fourth-order valence-electron chi connectivity index (χ4n) is 1.66. The first-order chi connectivity index (χ1) is 9.96. The van der Waals surface area contributed by atoms with E-state index in [4.69, 9.17) is 5.11 Å². The molecule has 0 fully saturated rings. The number of carbonyl (C=O) groups excluding carboxylic acids is 2. The van der Waals surface area contributed by atoms with Crippen molar-refractivity contribution in [3.8, 4) is 0 Å². The molecule has 112 valence electrons. The molecule has 0 bridgehead atoms. The minimum atomic E-state index is -0.759. The first kappa shape index (κ1) is 16.3. The van der Waals surface area contributed by atoms with E-state index >= 15 is 0 Å². The minimum absolute atomic E-state index is 0.0376. The summed E-state index contributed by atoms with van der Waals surface area (Å²) in [6.45, 7) is -0.345. The summed E-state index contributed by atoms with van der Waals surface area (Å²) in [5.74, 6) is -1.38. The van der Waals surface area contributed by atoms with Crippen LogP contribution in [-0.4, -0.2) is 42.6 Å². The van der Waals surface area contributed by atoms with Crippen molar-refractivity contribution >= 4 is 23.0 Å². The van der Waals surface area contributed by atoms with Crippen LogP contribution in [0.4, 0.5) is 5.69 Å². The summed E-state index contributed by atoms with van der Waals surface area (Å²) in [6.07, 6.45) is 0.474. The molecule has 0 saturated carbocycles. The number of aliphatic hydroxyl groups is 1. The molecule has 8 nitrogen and oxygen atoms in total. The molecule has 1 N–H and O–H groups in total. The maximum Gasteiger partial charge on any atom is 0.338 e. The third kappa shape index (κ3) is 3.63. The lowest BCUT2D eigenvalue weighted by Gasteiger charge is -2.07. The van der Waals surface area contributed by atoms with Crippen molar-refractivity contribution in [3.05, 3.63) is 45.7 Å². The van der Waals surface area contributed by atoms with Crippen LogP contribution in [0.3, 0.4) is 0 Å². The molecule has 1 aromatic rings. The van der Waals surface area contributed by atoms with Crippen molar-refractivity contribution in [2.24, 2.45) is 0 Å². The summed E-state index contributed by atoms with van der Waals surface area (Å²) in [6, 6.07) is 3.43. The number of aliphatic hydroxyl groups excluding tert-OH is 1. The third-order valence-electron chi connectivity index (χ3n) is 2.61. The summed E-state index contributed by atoms with van der Waals surface area (Å²) in [7, 11) is 2.42. The van der Waals surface area contributed by atoms with Gasteiger partial charge in [0, 0.05) is 13.2 Å². The highest BCUT2D eigenvalue weighted by Crippen LogP contribution is 2.28. The van der Waals surface area contributed by atoms with Crippen molar-refractivity contribution in [1.82, 2.24) is 0 Å². The van der Waals surface area contributed by atoms with Crippen LogP contribution in [0, 0.1) is 10.1 Å². The molecule has 0 heterocycles. The normalized spacial score (nSPS) is 11.0. The monoisotopic (exact) mass is 295 g/mol. The number of carbonyl (C=O) groups is 2. The Morgan fingerprint density at radius 1 is 1.38 bits per heavy atom. The summed E-state index contributed by atoms with van der Waals surface area (Å²) in [5, 5.41) is 20.2. The highest BCUT2D eigenvalue weighted by Gasteiger charge is 2.24. The smallest absolute Gasteiger partial charge is 0.338 e. The van der Waals surface area contributed by atoms with Crippen LogP contribution < -0.4 is 0 Å². The second-order valence-corrected chi connectivity index (χ2v) is 3.88. The Morgan fingerprint density at radius 3 is 2.52 bits per heavy atom. The molecule has 0 aliphatic heterocycles. The Labute approximate surface area is 119 Å². The predicted octanol–water partition coefficient (Wildman–Crippen LogP) is 1.50. The molecule has 8 heteroatoms. The predicted molar refractivity (Wildman–Crippen MR) is 71.9 cm³/mol. The number of ketones is 1. The van der Waals surface area contributed by atoms with E-state index in [0.29, 0.717) is 6.26 Å². The molecule has 0 aromatic heterocycles. The molecule has 0 unspecified atom stereocenters. The molecule has 0 atom stereocenters. The van der Waals surface area contributed by atoms with E-state index in [-0.39, 0.29) is 23.3 Å². The molecule has 1 aromatic carbocycles. The number of esters is 1. The van der Waals surface area contributed by atoms with Gasteiger partial charge in [-0.2, -0.15) is 0 Å². The van der Waals surface area contributed by atoms with Gasteiger partial charge in [0.2, 0.25) is 0 Å². The van der Waals surface area contributed by atoms with Gasteiger partial charge < -0.3 is 14.6 Å². The van der Waals surface area contributed by atoms with Gasteiger partial charge in [0.05, 0.1) is 35.0 Å². The van der Waals surface area contributed by atoms with Crippen LogP contribution in [0.25, 0.3) is 5.57 Å². The molecule has 21 heavy (non-hydrogen) atoms. The number of Topliss-reactive ketones (excluding diaryl/α,β-unsaturated/α-hetero) is 1. The van der Waals surface area contributed by atoms with Crippen molar-refractivity contribution < 1.29 is 29.1 Å². The number of nitro benzene ring substituents is 1. The fraction of sp³-hybridized carbons (Fsp3) is 0.231. The number of rotatable bonds is 6. The van der Waals surface area contributed by atoms with E-state index in [0.717, 1.165) is 13.2 Å². The van der Waals surface area contributed by atoms with Gasteiger partial charge in [0.15, 0.2) is 5.78 Å². The Hall–Kier alpha value is -2.74. The second-order valence-electron chi connectivity index (χ2n) is 3.88. The lowest BCUT2D eigenvalue weighted by atomic mass is 9.99. The Kier molecular flexibility index (Phi) is 5.56. The van der Waals surface area contributed by atoms with Crippen molar-refractivity contribution in [3.63, 3.8) is 0 Å². The zero-order chi connectivity index (χ0) is 16.0. The highest BCUT2D eigenvalue weighted by atomic mass is 16.6. The standard InChI is InChI=1S/C13H13NO7/c1-20-7-12(16)10(6-15)9-4-3-8(13(17)21-2)5-11(9)14(18)19/h3-6,15H,7H2,1-2H3. The van der Waals surface area contributed by atoms with Crippen LogP contribution in [0.1, 0.15) is 15.9 Å². The van der Waals surface area contributed by atoms with Crippen LogP contribution >= 0.6 is 0 Å². The van der Waals surface area contributed by atoms with Gasteiger partial charge in [-0.1, -0.05) is 0 Å². The van der Waals surface area contributed by atoms with Crippen LogP contribution in [0.15, 0.2) is 24.5 Å². The molecular formula is C13H13NO7. The van der Waals surface area contributed by atoms with E-state index in [2.05, 4.69) is 9.47 Å². The first-order valence-corrected chi connectivity index (χ1v) is 5.69. The molecule has 0 radical (unpaired) electrons. The molecule has 1 rings (SSSR count). The van der Waals surface area contributed by atoms with Crippen molar-refractivity contribution in [2.45, 2.75) is 0 Å². The Balaban J connectivity index is 3.38. The number of benzene rings is 1. The van der Waals surface area contributed by atoms with E-state index in [1.54, 1.807) is 0 Å². The Bertz CT molecular complexity index is 607. The molecule has 0 saturated heterocycles. The van der Waals surface area contributed by atoms with Gasteiger partial charge in [-0.25, -0.2) is 4.79 Å². The van der Waals surface area contributed by atoms with Gasteiger partial charge in [0.25, 0.3) is 5.69 Å². The van der Waals surface area contributed by atoms with Crippen LogP contribution in [-0.2, 0) is 14.3 Å². The minimum Gasteiger partial charge on any atom is -0.515 e. The summed E-state index contributed by atoms with van der Waals surface area (Å²) >= 11 is 0. The number of hydrogen-bond acceptors (Lipinski definition) is 7. The van der Waals surface area contributed by atoms with Crippen LogP contribution in [0.5, 0.6) is 0 Å². The highest BCUT2D eigenvalue weighted by molar-refractivity contribution is 6.22. The summed E-state index contributed by atoms with van der Waals surface area (Å²) in [4.78, 5) is 33.5. The van der Waals surface area contributed by atoms with Gasteiger partial charge in [-0.05, 0) is 12.1 Å². The molecule has 0 amide bonds.